The van der Waals surface area contributed by atoms with E-state index in [1.54, 1.807) is 24.3 Å². The van der Waals surface area contributed by atoms with Crippen LogP contribution >= 0.6 is 23.2 Å². The fraction of sp³-hybridized carbons (Fsp3) is 0.370. The number of piperidine rings is 1. The van der Waals surface area contributed by atoms with E-state index in [0.29, 0.717) is 30.4 Å². The summed E-state index contributed by atoms with van der Waals surface area (Å²) in [4.78, 5) is 58.7. The van der Waals surface area contributed by atoms with Crippen LogP contribution in [0.2, 0.25) is 10.0 Å². The Kier molecular flexibility index (Phi) is 6.91. The maximum Gasteiger partial charge on any atom is 0.332 e. The molecule has 2 aromatic carbocycles. The molecule has 202 valence electrons. The fourth-order valence-electron chi connectivity index (χ4n) is 5.95. The number of halogens is 2. The standard InChI is InChI=1S/C27H25Cl2N5O5/c1-31-25(38)34(20-11-18(28)10-19(29)12-20)24(37)27(31)15-32(14-21(27)17-7-5-16(13-30)6-8-17)26(39)33-9-3-2-4-22(33)23(35)36/h5-8,10-12,21-22H,2-4,9,14-15H2,1H3,(H,35,36)/t21-,22?,27+/m0/s1. The van der Waals surface area contributed by atoms with Crippen LogP contribution in [0, 0.1) is 11.3 Å². The van der Waals surface area contributed by atoms with Crippen molar-refractivity contribution in [3.8, 4) is 6.07 Å². The lowest BCUT2D eigenvalue weighted by atomic mass is 9.80. The molecule has 12 heteroatoms. The third-order valence-electron chi connectivity index (χ3n) is 7.91. The zero-order valence-corrected chi connectivity index (χ0v) is 22.5. The molecule has 1 N–H and O–H groups in total. The number of imide groups is 1. The number of carboxylic acid groups (broad SMARTS) is 1. The third-order valence-corrected chi connectivity index (χ3v) is 8.35. The van der Waals surface area contributed by atoms with Gasteiger partial charge < -0.3 is 19.8 Å². The second-order valence-corrected chi connectivity index (χ2v) is 10.9. The van der Waals surface area contributed by atoms with Gasteiger partial charge in [0, 0.05) is 36.1 Å². The molecule has 3 aliphatic heterocycles. The first-order valence-corrected chi connectivity index (χ1v) is 13.2. The van der Waals surface area contributed by atoms with E-state index in [1.807, 2.05) is 0 Å². The molecule has 3 aliphatic rings. The smallest absolute Gasteiger partial charge is 0.332 e. The molecule has 39 heavy (non-hydrogen) atoms. The molecule has 5 rings (SSSR count). The van der Waals surface area contributed by atoms with Crippen LogP contribution in [0.5, 0.6) is 0 Å². The van der Waals surface area contributed by atoms with Gasteiger partial charge in [-0.1, -0.05) is 35.3 Å². The Labute approximate surface area is 234 Å². The Hall–Kier alpha value is -3.81. The van der Waals surface area contributed by atoms with E-state index in [0.717, 1.165) is 4.90 Å². The number of nitriles is 1. The Morgan fingerprint density at radius 3 is 2.36 bits per heavy atom. The van der Waals surface area contributed by atoms with E-state index in [-0.39, 0.29) is 35.4 Å². The Balaban J connectivity index is 1.58. The molecule has 3 fully saturated rings. The zero-order valence-electron chi connectivity index (χ0n) is 21.0. The molecular formula is C27H25Cl2N5O5. The minimum Gasteiger partial charge on any atom is -0.480 e. The molecule has 3 atom stereocenters. The summed E-state index contributed by atoms with van der Waals surface area (Å²) in [5.74, 6) is -2.27. The van der Waals surface area contributed by atoms with Crippen molar-refractivity contribution < 1.29 is 24.3 Å². The molecule has 0 bridgehead atoms. The summed E-state index contributed by atoms with van der Waals surface area (Å²) in [6, 6.07) is 11.1. The molecule has 0 radical (unpaired) electrons. The first-order valence-electron chi connectivity index (χ1n) is 12.5. The average molecular weight is 570 g/mol. The van der Waals surface area contributed by atoms with Crippen molar-refractivity contribution in [2.45, 2.75) is 36.8 Å². The topological polar surface area (TPSA) is 125 Å². The van der Waals surface area contributed by atoms with Gasteiger partial charge in [0.15, 0.2) is 0 Å². The number of carbonyl (C=O) groups excluding carboxylic acids is 3. The SMILES string of the molecule is CN1C(=O)N(c2cc(Cl)cc(Cl)c2)C(=O)[C@]12CN(C(=O)N1CCCCC1C(=O)O)C[C@H]2c1ccc(C#N)cc1. The van der Waals surface area contributed by atoms with Crippen molar-refractivity contribution in [3.63, 3.8) is 0 Å². The number of anilines is 1. The van der Waals surface area contributed by atoms with Crippen molar-refractivity contribution in [1.82, 2.24) is 14.7 Å². The lowest BCUT2D eigenvalue weighted by Crippen LogP contribution is -2.56. The van der Waals surface area contributed by atoms with Crippen LogP contribution in [0.1, 0.15) is 36.3 Å². The predicted octanol–water partition coefficient (Wildman–Crippen LogP) is 4.16. The van der Waals surface area contributed by atoms with Gasteiger partial charge in [-0.05, 0) is 55.2 Å². The van der Waals surface area contributed by atoms with Crippen LogP contribution in [0.3, 0.4) is 0 Å². The summed E-state index contributed by atoms with van der Waals surface area (Å²) in [5, 5.41) is 19.5. The molecular weight excluding hydrogens is 545 g/mol. The normalized spacial score (nSPS) is 25.0. The first-order chi connectivity index (χ1) is 18.6. The van der Waals surface area contributed by atoms with Gasteiger partial charge in [-0.15, -0.1) is 0 Å². The molecule has 0 aromatic heterocycles. The monoisotopic (exact) mass is 569 g/mol. The summed E-state index contributed by atoms with van der Waals surface area (Å²) in [6.07, 6.45) is 1.72. The molecule has 10 nitrogen and oxygen atoms in total. The summed E-state index contributed by atoms with van der Waals surface area (Å²) in [7, 11) is 1.51. The molecule has 0 saturated carbocycles. The van der Waals surface area contributed by atoms with Gasteiger partial charge >= 0.3 is 18.0 Å². The fourth-order valence-corrected chi connectivity index (χ4v) is 6.46. The van der Waals surface area contributed by atoms with Gasteiger partial charge in [-0.25, -0.2) is 19.3 Å². The van der Waals surface area contributed by atoms with Crippen molar-refractivity contribution in [1.29, 1.82) is 5.26 Å². The Morgan fingerprint density at radius 2 is 1.74 bits per heavy atom. The molecule has 1 unspecified atom stereocenters. The van der Waals surface area contributed by atoms with Gasteiger partial charge in [-0.3, -0.25) is 4.79 Å². The number of benzene rings is 2. The lowest BCUT2D eigenvalue weighted by molar-refractivity contribution is -0.143. The van der Waals surface area contributed by atoms with Crippen molar-refractivity contribution >= 4 is 52.8 Å². The summed E-state index contributed by atoms with van der Waals surface area (Å²) in [6.45, 7) is 0.225. The number of aliphatic carboxylic acids is 1. The van der Waals surface area contributed by atoms with Gasteiger partial charge in [0.1, 0.15) is 11.6 Å². The number of hydrogen-bond donors (Lipinski definition) is 1. The number of likely N-dealkylation sites (tertiary alicyclic amines) is 2. The number of carboxylic acids is 1. The quantitative estimate of drug-likeness (QED) is 0.553. The van der Waals surface area contributed by atoms with Gasteiger partial charge in [-0.2, -0.15) is 5.26 Å². The number of rotatable bonds is 3. The summed E-state index contributed by atoms with van der Waals surface area (Å²) < 4.78 is 0. The predicted molar refractivity (Wildman–Crippen MR) is 143 cm³/mol. The van der Waals surface area contributed by atoms with Crippen LogP contribution in [-0.2, 0) is 9.59 Å². The number of likely N-dealkylation sites (N-methyl/N-ethyl adjacent to an activating group) is 1. The zero-order chi connectivity index (χ0) is 28.1. The Morgan fingerprint density at radius 1 is 1.08 bits per heavy atom. The van der Waals surface area contributed by atoms with Crippen LogP contribution in [0.25, 0.3) is 0 Å². The molecule has 3 heterocycles. The molecule has 5 amide bonds. The highest BCUT2D eigenvalue weighted by molar-refractivity contribution is 6.35. The summed E-state index contributed by atoms with van der Waals surface area (Å²) in [5.41, 5.74) is -0.188. The molecule has 2 aromatic rings. The van der Waals surface area contributed by atoms with Crippen LogP contribution in [0.15, 0.2) is 42.5 Å². The van der Waals surface area contributed by atoms with Crippen molar-refractivity contribution in [2.75, 3.05) is 31.6 Å². The average Bonchev–Trinajstić information content (AvgIpc) is 3.40. The molecule has 3 saturated heterocycles. The maximum absolute atomic E-state index is 14.3. The number of urea groups is 2. The van der Waals surface area contributed by atoms with Gasteiger partial charge in [0.25, 0.3) is 5.91 Å². The second-order valence-electron chi connectivity index (χ2n) is 10.0. The van der Waals surface area contributed by atoms with Crippen molar-refractivity contribution in [3.05, 3.63) is 63.6 Å². The highest BCUT2D eigenvalue weighted by Crippen LogP contribution is 2.47. The number of hydrogen-bond acceptors (Lipinski definition) is 5. The number of amides is 5. The largest absolute Gasteiger partial charge is 0.480 e. The van der Waals surface area contributed by atoms with E-state index in [9.17, 15) is 29.5 Å². The van der Waals surface area contributed by atoms with Crippen LogP contribution < -0.4 is 4.90 Å². The van der Waals surface area contributed by atoms with Gasteiger partial charge in [0.2, 0.25) is 0 Å². The second kappa shape index (κ2) is 10.1. The lowest BCUT2D eigenvalue weighted by Gasteiger charge is -2.36. The Bertz CT molecular complexity index is 1390. The van der Waals surface area contributed by atoms with Crippen LogP contribution in [-0.4, -0.2) is 82.0 Å². The van der Waals surface area contributed by atoms with E-state index in [4.69, 9.17) is 23.2 Å². The maximum atomic E-state index is 14.3. The minimum atomic E-state index is -1.48. The van der Waals surface area contributed by atoms with Gasteiger partial charge in [0.05, 0.1) is 23.9 Å². The first kappa shape index (κ1) is 26.8. The number of nitrogens with zero attached hydrogens (tertiary/aromatic N) is 5. The molecule has 1 spiro atoms. The van der Waals surface area contributed by atoms with Crippen LogP contribution in [0.4, 0.5) is 15.3 Å². The minimum absolute atomic E-state index is 0.0705. The van der Waals surface area contributed by atoms with E-state index < -0.39 is 41.4 Å². The third kappa shape index (κ3) is 4.36. The van der Waals surface area contributed by atoms with E-state index >= 15 is 0 Å². The number of carbonyl (C=O) groups is 4. The van der Waals surface area contributed by atoms with E-state index in [1.165, 1.54) is 39.9 Å². The summed E-state index contributed by atoms with van der Waals surface area (Å²) >= 11 is 12.3. The molecule has 0 aliphatic carbocycles. The van der Waals surface area contributed by atoms with Crippen molar-refractivity contribution in [2.24, 2.45) is 0 Å². The van der Waals surface area contributed by atoms with E-state index in [2.05, 4.69) is 6.07 Å². The highest BCUT2D eigenvalue weighted by Gasteiger charge is 2.65. The highest BCUT2D eigenvalue weighted by atomic mass is 35.5.